The number of benzene rings is 1. The van der Waals surface area contributed by atoms with Gasteiger partial charge in [-0.1, -0.05) is 33.8 Å². The predicted molar refractivity (Wildman–Crippen MR) is 150 cm³/mol. The number of hydrogen-bond donors (Lipinski definition) is 5. The first kappa shape index (κ1) is 33.8. The Kier molecular flexibility index (Phi) is 13.3. The summed E-state index contributed by atoms with van der Waals surface area (Å²) in [6, 6.07) is 4.15. The minimum absolute atomic E-state index is 0.0177. The zero-order valence-corrected chi connectivity index (χ0v) is 24.0. The Hall–Kier alpha value is -3.45. The van der Waals surface area contributed by atoms with Gasteiger partial charge in [0.05, 0.1) is 18.8 Å². The Morgan fingerprint density at radius 1 is 1.07 bits per heavy atom. The van der Waals surface area contributed by atoms with Crippen LogP contribution in [0.2, 0.25) is 0 Å². The van der Waals surface area contributed by atoms with E-state index in [4.69, 9.17) is 17.3 Å². The highest BCUT2D eigenvalue weighted by molar-refractivity contribution is 6.55. The highest BCUT2D eigenvalue weighted by atomic mass is 16.5. The van der Waals surface area contributed by atoms with Gasteiger partial charge in [-0.15, -0.1) is 0 Å². The summed E-state index contributed by atoms with van der Waals surface area (Å²) in [5.74, 6) is -3.35. The number of hydrogen-bond acceptors (Lipinski definition) is 8. The number of carbonyl (C=O) groups is 5. The van der Waals surface area contributed by atoms with E-state index in [1.807, 2.05) is 13.8 Å². The molecule has 224 valence electrons. The fourth-order valence-corrected chi connectivity index (χ4v) is 4.50. The van der Waals surface area contributed by atoms with Crippen molar-refractivity contribution in [2.24, 2.45) is 11.8 Å². The Morgan fingerprint density at radius 3 is 2.39 bits per heavy atom. The lowest BCUT2D eigenvalue weighted by atomic mass is 9.94. The molecule has 0 aliphatic carbocycles. The lowest BCUT2D eigenvalue weighted by molar-refractivity contribution is -0.166. The van der Waals surface area contributed by atoms with Gasteiger partial charge in [0.15, 0.2) is 6.10 Å². The molecular weight excluding hydrogens is 533 g/mol. The fourth-order valence-electron chi connectivity index (χ4n) is 4.50. The third-order valence-electron chi connectivity index (χ3n) is 6.53. The molecule has 2 rings (SSSR count). The number of ether oxygens (including phenoxy) is 2. The van der Waals surface area contributed by atoms with Crippen LogP contribution in [0.25, 0.3) is 0 Å². The minimum atomic E-state index is -1.14. The SMILES string of the molecule is [B]C(=O)OCc1ccc(NC(=O)CNC(=O)C(NC(=O)CC(C)C)C(C)C)cc1CCC1CC(O)CC(C(=O)O)O1. The van der Waals surface area contributed by atoms with Crippen molar-refractivity contribution in [3.63, 3.8) is 0 Å². The smallest absolute Gasteiger partial charge is 0.332 e. The predicted octanol–water partition coefficient (Wildman–Crippen LogP) is 1.66. The van der Waals surface area contributed by atoms with E-state index in [9.17, 15) is 34.2 Å². The van der Waals surface area contributed by atoms with Crippen molar-refractivity contribution < 1.29 is 43.7 Å². The number of anilines is 1. The molecular formula is C28H40BN3O9. The summed E-state index contributed by atoms with van der Waals surface area (Å²) < 4.78 is 10.5. The summed E-state index contributed by atoms with van der Waals surface area (Å²) in [6.45, 7) is 6.96. The molecule has 1 aromatic carbocycles. The van der Waals surface area contributed by atoms with Gasteiger partial charge in [0.2, 0.25) is 31.4 Å². The molecule has 4 atom stereocenters. The first-order chi connectivity index (χ1) is 19.2. The standard InChI is InChI=1S/C28H40BN3O9/c1-15(2)9-23(34)32-25(16(3)4)26(36)30-13-24(35)31-19-7-5-18(14-40-28(29)39)17(10-19)6-8-21-11-20(33)12-22(41-21)27(37)38/h5,7,10,15-16,20-22,25,33H,6,8-9,11-14H2,1-4H3,(H,30,36)(H,31,35)(H,32,34)(H,37,38). The normalized spacial score (nSPS) is 19.3. The second-order valence-electron chi connectivity index (χ2n) is 11.0. The fraction of sp³-hybridized carbons (Fsp3) is 0.607. The highest BCUT2D eigenvalue weighted by Crippen LogP contribution is 2.25. The molecule has 13 heteroatoms. The lowest BCUT2D eigenvalue weighted by Crippen LogP contribution is -2.51. The molecule has 5 N–H and O–H groups in total. The van der Waals surface area contributed by atoms with Crippen molar-refractivity contribution >= 4 is 43.1 Å². The molecule has 1 aromatic rings. The summed E-state index contributed by atoms with van der Waals surface area (Å²) >= 11 is 0. The van der Waals surface area contributed by atoms with Crippen LogP contribution in [0.3, 0.4) is 0 Å². The van der Waals surface area contributed by atoms with E-state index in [0.717, 1.165) is 0 Å². The van der Waals surface area contributed by atoms with E-state index in [2.05, 4.69) is 16.0 Å². The maximum Gasteiger partial charge on any atom is 0.332 e. The summed E-state index contributed by atoms with van der Waals surface area (Å²) in [6.07, 6.45) is -1.08. The molecule has 4 unspecified atom stereocenters. The molecule has 12 nitrogen and oxygen atoms in total. The molecule has 1 saturated heterocycles. The van der Waals surface area contributed by atoms with Gasteiger partial charge < -0.3 is 35.6 Å². The summed E-state index contributed by atoms with van der Waals surface area (Å²) in [7, 11) is 5.10. The monoisotopic (exact) mass is 573 g/mol. The van der Waals surface area contributed by atoms with Gasteiger partial charge in [-0.2, -0.15) is 0 Å². The van der Waals surface area contributed by atoms with Crippen LogP contribution in [-0.4, -0.2) is 78.5 Å². The quantitative estimate of drug-likeness (QED) is 0.207. The first-order valence-electron chi connectivity index (χ1n) is 13.7. The van der Waals surface area contributed by atoms with Crippen molar-refractivity contribution in [2.75, 3.05) is 11.9 Å². The van der Waals surface area contributed by atoms with Crippen LogP contribution in [0.4, 0.5) is 10.5 Å². The van der Waals surface area contributed by atoms with Gasteiger partial charge in [-0.05, 0) is 54.4 Å². The molecule has 41 heavy (non-hydrogen) atoms. The number of rotatable bonds is 14. The van der Waals surface area contributed by atoms with Crippen LogP contribution in [0, 0.1) is 11.8 Å². The number of aryl methyl sites for hydroxylation is 1. The zero-order valence-electron chi connectivity index (χ0n) is 24.0. The first-order valence-corrected chi connectivity index (χ1v) is 13.7. The van der Waals surface area contributed by atoms with Crippen molar-refractivity contribution in [2.45, 2.75) is 90.8 Å². The average molecular weight is 573 g/mol. The molecule has 2 radical (unpaired) electrons. The third-order valence-corrected chi connectivity index (χ3v) is 6.53. The molecule has 1 heterocycles. The van der Waals surface area contributed by atoms with Gasteiger partial charge in [0.25, 0.3) is 0 Å². The summed E-state index contributed by atoms with van der Waals surface area (Å²) in [4.78, 5) is 60.0. The maximum atomic E-state index is 12.7. The second-order valence-corrected chi connectivity index (χ2v) is 11.0. The van der Waals surface area contributed by atoms with Gasteiger partial charge >= 0.3 is 5.97 Å². The molecule has 0 bridgehead atoms. The van der Waals surface area contributed by atoms with E-state index >= 15 is 0 Å². The Bertz CT molecular complexity index is 1100. The van der Waals surface area contributed by atoms with Gasteiger partial charge in [0, 0.05) is 18.5 Å². The number of aliphatic hydroxyl groups is 1. The van der Waals surface area contributed by atoms with Crippen molar-refractivity contribution in [3.05, 3.63) is 29.3 Å². The molecule has 1 aliphatic rings. The van der Waals surface area contributed by atoms with Gasteiger partial charge in [-0.3, -0.25) is 19.2 Å². The summed E-state index contributed by atoms with van der Waals surface area (Å²) in [5.41, 5.74) is 1.73. The van der Waals surface area contributed by atoms with E-state index in [0.29, 0.717) is 29.7 Å². The van der Waals surface area contributed by atoms with Crippen LogP contribution in [-0.2, 0) is 41.7 Å². The van der Waals surface area contributed by atoms with Gasteiger partial charge in [-0.25, -0.2) is 4.79 Å². The number of aliphatic hydroxyl groups excluding tert-OH is 1. The van der Waals surface area contributed by atoms with Gasteiger partial charge in [0.1, 0.15) is 12.6 Å². The molecule has 1 aliphatic heterocycles. The topological polar surface area (TPSA) is 180 Å². The third kappa shape index (κ3) is 11.9. The van der Waals surface area contributed by atoms with E-state index in [1.54, 1.807) is 32.0 Å². The van der Waals surface area contributed by atoms with Crippen molar-refractivity contribution in [1.29, 1.82) is 0 Å². The molecule has 1 fully saturated rings. The van der Waals surface area contributed by atoms with Crippen LogP contribution in [0.5, 0.6) is 0 Å². The van der Waals surface area contributed by atoms with Crippen molar-refractivity contribution in [3.8, 4) is 0 Å². The number of aliphatic carboxylic acids is 1. The molecule has 0 saturated carbocycles. The Balaban J connectivity index is 2.04. The van der Waals surface area contributed by atoms with E-state index in [-0.39, 0.29) is 50.2 Å². The van der Waals surface area contributed by atoms with Crippen LogP contribution >= 0.6 is 0 Å². The van der Waals surface area contributed by atoms with E-state index in [1.165, 1.54) is 0 Å². The van der Waals surface area contributed by atoms with Crippen LogP contribution in [0.1, 0.15) is 64.5 Å². The average Bonchev–Trinajstić information content (AvgIpc) is 2.87. The largest absolute Gasteiger partial charge is 0.479 e. The Labute approximate surface area is 241 Å². The maximum absolute atomic E-state index is 12.7. The van der Waals surface area contributed by atoms with Crippen LogP contribution in [0.15, 0.2) is 18.2 Å². The number of carboxylic acids is 1. The lowest BCUT2D eigenvalue weighted by Gasteiger charge is -2.31. The second kappa shape index (κ2) is 16.1. The number of nitrogens with one attached hydrogen (secondary N) is 3. The van der Waals surface area contributed by atoms with Crippen LogP contribution < -0.4 is 16.0 Å². The summed E-state index contributed by atoms with van der Waals surface area (Å²) in [5, 5.41) is 27.3. The zero-order chi connectivity index (χ0) is 30.7. The number of carbonyl (C=O) groups excluding carboxylic acids is 4. The van der Waals surface area contributed by atoms with Crippen molar-refractivity contribution in [1.82, 2.24) is 10.6 Å². The molecule has 0 spiro atoms. The molecule has 0 aromatic heterocycles. The Morgan fingerprint density at radius 2 is 1.78 bits per heavy atom. The highest BCUT2D eigenvalue weighted by Gasteiger charge is 2.32. The number of carboxylic acid groups (broad SMARTS) is 1. The van der Waals surface area contributed by atoms with E-state index < -0.39 is 48.0 Å². The molecule has 3 amide bonds. The minimum Gasteiger partial charge on any atom is -0.479 e. The number of amides is 3.